The maximum absolute atomic E-state index is 12.7. The fourth-order valence-corrected chi connectivity index (χ4v) is 3.26. The van der Waals surface area contributed by atoms with Crippen molar-refractivity contribution in [3.63, 3.8) is 0 Å². The number of amides is 1. The SMILES string of the molecule is CC(C)(Oc1cccc(-c2noc(=O)[nH]2)c1)C(=O)NC1C(C)(C)C1(C)C. The third kappa shape index (κ3) is 3.02. The van der Waals surface area contributed by atoms with Gasteiger partial charge in [0.2, 0.25) is 0 Å². The van der Waals surface area contributed by atoms with Crippen LogP contribution >= 0.6 is 0 Å². The lowest BCUT2D eigenvalue weighted by atomic mass is 10.0. The molecule has 1 aliphatic rings. The molecule has 0 aliphatic heterocycles. The van der Waals surface area contributed by atoms with E-state index in [1.807, 2.05) is 0 Å². The Bertz CT molecular complexity index is 878. The van der Waals surface area contributed by atoms with Crippen LogP contribution in [0.2, 0.25) is 0 Å². The van der Waals surface area contributed by atoms with E-state index < -0.39 is 11.4 Å². The van der Waals surface area contributed by atoms with E-state index in [1.54, 1.807) is 38.1 Å². The van der Waals surface area contributed by atoms with Crippen LogP contribution in [0.5, 0.6) is 5.75 Å². The molecule has 7 heteroatoms. The van der Waals surface area contributed by atoms with E-state index in [0.717, 1.165) is 0 Å². The number of hydrogen-bond acceptors (Lipinski definition) is 5. The van der Waals surface area contributed by atoms with Crippen molar-refractivity contribution in [2.24, 2.45) is 10.8 Å². The van der Waals surface area contributed by atoms with Crippen molar-refractivity contribution in [1.82, 2.24) is 15.5 Å². The van der Waals surface area contributed by atoms with Gasteiger partial charge in [0.05, 0.1) is 0 Å². The van der Waals surface area contributed by atoms with Gasteiger partial charge in [0.25, 0.3) is 5.91 Å². The molecule has 1 aromatic carbocycles. The molecule has 0 spiro atoms. The molecule has 1 saturated carbocycles. The molecule has 0 saturated heterocycles. The van der Waals surface area contributed by atoms with E-state index in [-0.39, 0.29) is 22.8 Å². The number of rotatable bonds is 5. The summed E-state index contributed by atoms with van der Waals surface area (Å²) in [4.78, 5) is 26.3. The van der Waals surface area contributed by atoms with Crippen LogP contribution in [0, 0.1) is 10.8 Å². The zero-order valence-electron chi connectivity index (χ0n) is 16.0. The number of aromatic nitrogens is 2. The lowest BCUT2D eigenvalue weighted by molar-refractivity contribution is -0.134. The van der Waals surface area contributed by atoms with Crippen LogP contribution in [0.15, 0.2) is 33.6 Å². The number of carbonyl (C=O) groups is 1. The standard InChI is InChI=1S/C19H25N3O4/c1-17(2)14(18(17,3)4)21-15(23)19(5,6)25-12-9-7-8-11(10-12)13-20-16(24)26-22-13/h7-10,14H,1-6H3,(H,21,23)(H,20,22,24). The Labute approximate surface area is 152 Å². The van der Waals surface area contributed by atoms with Crippen molar-refractivity contribution < 1.29 is 14.1 Å². The fraction of sp³-hybridized carbons (Fsp3) is 0.526. The number of benzene rings is 1. The average molecular weight is 359 g/mol. The summed E-state index contributed by atoms with van der Waals surface area (Å²) in [6.45, 7) is 12.1. The summed E-state index contributed by atoms with van der Waals surface area (Å²) >= 11 is 0. The van der Waals surface area contributed by atoms with Crippen LogP contribution in [0.25, 0.3) is 11.4 Å². The molecule has 1 amide bonds. The van der Waals surface area contributed by atoms with Gasteiger partial charge in [-0.05, 0) is 36.8 Å². The zero-order chi connectivity index (χ0) is 19.3. The molecule has 2 N–H and O–H groups in total. The first kappa shape index (κ1) is 18.2. The molecule has 0 unspecified atom stereocenters. The van der Waals surface area contributed by atoms with E-state index in [4.69, 9.17) is 4.74 Å². The first-order valence-electron chi connectivity index (χ1n) is 8.61. The third-order valence-corrected chi connectivity index (χ3v) is 5.76. The molecule has 0 radical (unpaired) electrons. The van der Waals surface area contributed by atoms with Gasteiger partial charge in [-0.15, -0.1) is 0 Å². The second-order valence-electron chi connectivity index (χ2n) is 8.43. The summed E-state index contributed by atoms with van der Waals surface area (Å²) in [5.74, 6) is 0.0205. The predicted octanol–water partition coefficient (Wildman–Crippen LogP) is 2.74. The number of carbonyl (C=O) groups excluding carboxylic acids is 1. The Kier molecular flexibility index (Phi) is 4.01. The van der Waals surface area contributed by atoms with Crippen LogP contribution in [0.1, 0.15) is 41.5 Å². The maximum atomic E-state index is 12.7. The van der Waals surface area contributed by atoms with Crippen LogP contribution in [0.4, 0.5) is 0 Å². The Morgan fingerprint density at radius 3 is 2.46 bits per heavy atom. The van der Waals surface area contributed by atoms with E-state index in [2.05, 4.69) is 47.7 Å². The van der Waals surface area contributed by atoms with Crippen LogP contribution in [-0.2, 0) is 4.79 Å². The molecular formula is C19H25N3O4. The van der Waals surface area contributed by atoms with Gasteiger partial charge in [-0.2, -0.15) is 0 Å². The summed E-state index contributed by atoms with van der Waals surface area (Å²) in [7, 11) is 0. The molecule has 26 heavy (non-hydrogen) atoms. The van der Waals surface area contributed by atoms with Gasteiger partial charge in [-0.3, -0.25) is 14.3 Å². The van der Waals surface area contributed by atoms with Crippen molar-refractivity contribution in [3.8, 4) is 17.1 Å². The number of nitrogens with one attached hydrogen (secondary N) is 2. The Morgan fingerprint density at radius 2 is 1.92 bits per heavy atom. The Hall–Kier alpha value is -2.57. The van der Waals surface area contributed by atoms with E-state index in [0.29, 0.717) is 17.1 Å². The maximum Gasteiger partial charge on any atom is 0.439 e. The fourth-order valence-electron chi connectivity index (χ4n) is 3.26. The second-order valence-corrected chi connectivity index (χ2v) is 8.43. The molecule has 2 aromatic rings. The van der Waals surface area contributed by atoms with Crippen LogP contribution in [0.3, 0.4) is 0 Å². The molecule has 1 aromatic heterocycles. The number of hydrogen-bond donors (Lipinski definition) is 2. The van der Waals surface area contributed by atoms with Gasteiger partial charge in [-0.1, -0.05) is 45.0 Å². The van der Waals surface area contributed by atoms with Gasteiger partial charge in [0.15, 0.2) is 11.4 Å². The molecule has 1 heterocycles. The van der Waals surface area contributed by atoms with Crippen molar-refractivity contribution in [3.05, 3.63) is 34.8 Å². The highest BCUT2D eigenvalue weighted by molar-refractivity contribution is 5.85. The summed E-state index contributed by atoms with van der Waals surface area (Å²) in [5, 5.41) is 6.77. The molecule has 7 nitrogen and oxygen atoms in total. The summed E-state index contributed by atoms with van der Waals surface area (Å²) in [5.41, 5.74) is -0.312. The lowest BCUT2D eigenvalue weighted by Gasteiger charge is -2.26. The zero-order valence-corrected chi connectivity index (χ0v) is 16.0. The van der Waals surface area contributed by atoms with Gasteiger partial charge in [0.1, 0.15) is 5.75 Å². The molecule has 0 bridgehead atoms. The largest absolute Gasteiger partial charge is 0.478 e. The predicted molar refractivity (Wildman–Crippen MR) is 96.8 cm³/mol. The Morgan fingerprint density at radius 1 is 1.27 bits per heavy atom. The van der Waals surface area contributed by atoms with Crippen molar-refractivity contribution in [2.45, 2.75) is 53.2 Å². The van der Waals surface area contributed by atoms with E-state index in [1.165, 1.54) is 0 Å². The lowest BCUT2D eigenvalue weighted by Crippen LogP contribution is -2.48. The van der Waals surface area contributed by atoms with Crippen molar-refractivity contribution >= 4 is 5.91 Å². The smallest absolute Gasteiger partial charge is 0.439 e. The van der Waals surface area contributed by atoms with Gasteiger partial charge >= 0.3 is 5.76 Å². The first-order chi connectivity index (χ1) is 11.9. The van der Waals surface area contributed by atoms with Crippen LogP contribution < -0.4 is 15.8 Å². The molecule has 1 fully saturated rings. The second kappa shape index (κ2) is 5.72. The van der Waals surface area contributed by atoms with Crippen LogP contribution in [-0.4, -0.2) is 27.7 Å². The third-order valence-electron chi connectivity index (χ3n) is 5.76. The summed E-state index contributed by atoms with van der Waals surface area (Å²) in [6.07, 6.45) is 0. The molecule has 1 aliphatic carbocycles. The highest BCUT2D eigenvalue weighted by Crippen LogP contribution is 2.62. The van der Waals surface area contributed by atoms with E-state index >= 15 is 0 Å². The number of ether oxygens (including phenoxy) is 1. The minimum absolute atomic E-state index is 0.0531. The van der Waals surface area contributed by atoms with Gasteiger partial charge in [0, 0.05) is 11.6 Å². The van der Waals surface area contributed by atoms with Crippen molar-refractivity contribution in [1.29, 1.82) is 0 Å². The first-order valence-corrected chi connectivity index (χ1v) is 8.61. The minimum Gasteiger partial charge on any atom is -0.478 e. The molecule has 0 atom stereocenters. The van der Waals surface area contributed by atoms with E-state index in [9.17, 15) is 9.59 Å². The monoisotopic (exact) mass is 359 g/mol. The number of H-pyrrole nitrogens is 1. The molecule has 3 rings (SSSR count). The van der Waals surface area contributed by atoms with Gasteiger partial charge in [-0.25, -0.2) is 4.79 Å². The summed E-state index contributed by atoms with van der Waals surface area (Å²) in [6, 6.07) is 7.09. The normalized spacial score (nSPS) is 18.4. The quantitative estimate of drug-likeness (QED) is 0.855. The average Bonchev–Trinajstić information content (AvgIpc) is 2.87. The summed E-state index contributed by atoms with van der Waals surface area (Å²) < 4.78 is 10.5. The number of nitrogens with zero attached hydrogens (tertiary/aromatic N) is 1. The van der Waals surface area contributed by atoms with Gasteiger partial charge < -0.3 is 10.1 Å². The highest BCUT2D eigenvalue weighted by Gasteiger charge is 2.65. The molecular weight excluding hydrogens is 334 g/mol. The topological polar surface area (TPSA) is 97.2 Å². The van der Waals surface area contributed by atoms with Crippen molar-refractivity contribution in [2.75, 3.05) is 0 Å². The Balaban J connectivity index is 1.73. The molecule has 140 valence electrons. The highest BCUT2D eigenvalue weighted by atomic mass is 16.5. The minimum atomic E-state index is -1.05. The number of aromatic amines is 1.